The zero-order valence-electron chi connectivity index (χ0n) is 17.7. The third-order valence-corrected chi connectivity index (χ3v) is 6.24. The second-order valence-corrected chi connectivity index (χ2v) is 9.06. The maximum Gasteiger partial charge on any atom is 0.534 e. The number of nitrogens with zero attached hydrogens (tertiary/aromatic N) is 3. The molecule has 0 atom stereocenters. The molecule has 0 bridgehead atoms. The molecule has 1 aliphatic rings. The van der Waals surface area contributed by atoms with Crippen LogP contribution in [0.5, 0.6) is 5.88 Å². The molecule has 1 saturated heterocycles. The zero-order chi connectivity index (χ0) is 24.3. The zero-order valence-corrected chi connectivity index (χ0v) is 18.6. The number of benzene rings is 2. The molecule has 0 spiro atoms. The molecule has 0 N–H and O–H groups in total. The molecule has 0 radical (unpaired) electrons. The summed E-state index contributed by atoms with van der Waals surface area (Å²) in [5.74, 6) is -0.646. The van der Waals surface area contributed by atoms with Crippen molar-refractivity contribution in [2.45, 2.75) is 12.1 Å². The molecular formula is C22H20F3N3O5S. The maximum atomic E-state index is 12.7. The number of carbonyl (C=O) groups excluding carboxylic acids is 1. The van der Waals surface area contributed by atoms with E-state index in [1.807, 2.05) is 35.2 Å². The number of piperazine rings is 1. The van der Waals surface area contributed by atoms with Gasteiger partial charge in [0.1, 0.15) is 6.61 Å². The Morgan fingerprint density at radius 1 is 1.00 bits per heavy atom. The van der Waals surface area contributed by atoms with Gasteiger partial charge in [0.25, 0.3) is 0 Å². The van der Waals surface area contributed by atoms with Crippen LogP contribution in [0, 0.1) is 0 Å². The number of aromatic nitrogens is 1. The summed E-state index contributed by atoms with van der Waals surface area (Å²) in [7, 11) is -5.83. The standard InChI is InChI=1S/C22H20F3N3O5S/c23-22(24,25)34(30,31)33-20-19-7-6-18(14-17(19)8-9-26-20)27-10-12-28(13-11-27)21(29)32-15-16-4-2-1-3-5-16/h1-9,14H,10-13,15H2. The molecule has 0 saturated carbocycles. The molecule has 12 heteroatoms. The summed E-state index contributed by atoms with van der Waals surface area (Å²) in [5.41, 5.74) is -3.90. The Labute approximate surface area is 193 Å². The molecule has 180 valence electrons. The minimum absolute atomic E-state index is 0.127. The van der Waals surface area contributed by atoms with Gasteiger partial charge in [-0.05, 0) is 35.2 Å². The number of rotatable bonds is 5. The van der Waals surface area contributed by atoms with Gasteiger partial charge in [-0.25, -0.2) is 9.78 Å². The van der Waals surface area contributed by atoms with Crippen LogP contribution < -0.4 is 9.08 Å². The quantitative estimate of drug-likeness (QED) is 0.392. The van der Waals surface area contributed by atoms with E-state index < -0.39 is 27.6 Å². The summed E-state index contributed by atoms with van der Waals surface area (Å²) >= 11 is 0. The van der Waals surface area contributed by atoms with Gasteiger partial charge < -0.3 is 18.7 Å². The number of carbonyl (C=O) groups is 1. The molecule has 0 aliphatic carbocycles. The van der Waals surface area contributed by atoms with Crippen LogP contribution in [0.15, 0.2) is 60.8 Å². The topological polar surface area (TPSA) is 89.0 Å². The number of pyridine rings is 1. The molecule has 1 aromatic heterocycles. The fourth-order valence-electron chi connectivity index (χ4n) is 3.51. The van der Waals surface area contributed by atoms with Crippen LogP contribution in [0.3, 0.4) is 0 Å². The van der Waals surface area contributed by atoms with Gasteiger partial charge in [0.15, 0.2) is 0 Å². The van der Waals surface area contributed by atoms with Crippen LogP contribution in [0.4, 0.5) is 23.7 Å². The highest BCUT2D eigenvalue weighted by atomic mass is 32.2. The SMILES string of the molecule is O=C(OCc1ccccc1)N1CCN(c2ccc3c(OS(=O)(=O)C(F)(F)F)nccc3c2)CC1. The Bertz CT molecular complexity index is 1280. The average Bonchev–Trinajstić information content (AvgIpc) is 2.82. The fraction of sp³-hybridized carbons (Fsp3) is 0.273. The number of fused-ring (bicyclic) bond motifs is 1. The number of alkyl halides is 3. The first-order valence-corrected chi connectivity index (χ1v) is 11.6. The molecule has 1 fully saturated rings. The predicted octanol–water partition coefficient (Wildman–Crippen LogP) is 3.92. The smallest absolute Gasteiger partial charge is 0.445 e. The minimum Gasteiger partial charge on any atom is -0.445 e. The number of amides is 1. The number of anilines is 1. The summed E-state index contributed by atoms with van der Waals surface area (Å²) in [6.45, 7) is 2.08. The molecule has 1 amide bonds. The molecule has 34 heavy (non-hydrogen) atoms. The number of hydrogen-bond donors (Lipinski definition) is 0. The third-order valence-electron chi connectivity index (χ3n) is 5.29. The Kier molecular flexibility index (Phi) is 6.51. The third kappa shape index (κ3) is 5.16. The lowest BCUT2D eigenvalue weighted by molar-refractivity contribution is -0.0500. The van der Waals surface area contributed by atoms with Gasteiger partial charge in [-0.15, -0.1) is 0 Å². The monoisotopic (exact) mass is 495 g/mol. The van der Waals surface area contributed by atoms with E-state index in [1.165, 1.54) is 12.3 Å². The second kappa shape index (κ2) is 9.37. The first-order chi connectivity index (χ1) is 16.1. The van der Waals surface area contributed by atoms with E-state index in [-0.39, 0.29) is 12.0 Å². The summed E-state index contributed by atoms with van der Waals surface area (Å²) < 4.78 is 70.3. The van der Waals surface area contributed by atoms with Crippen LogP contribution >= 0.6 is 0 Å². The molecule has 3 aromatic rings. The summed E-state index contributed by atoms with van der Waals surface area (Å²) in [5, 5.41) is 0.590. The van der Waals surface area contributed by atoms with Crippen LogP contribution in [0.25, 0.3) is 10.8 Å². The second-order valence-electron chi connectivity index (χ2n) is 7.52. The van der Waals surface area contributed by atoms with Gasteiger partial charge >= 0.3 is 21.7 Å². The Morgan fingerprint density at radius 3 is 2.38 bits per heavy atom. The Hall–Kier alpha value is -3.54. The number of ether oxygens (including phenoxy) is 1. The molecular weight excluding hydrogens is 475 g/mol. The highest BCUT2D eigenvalue weighted by molar-refractivity contribution is 7.88. The number of halogens is 3. The lowest BCUT2D eigenvalue weighted by Gasteiger charge is -2.35. The van der Waals surface area contributed by atoms with Gasteiger partial charge in [-0.2, -0.15) is 21.6 Å². The molecule has 2 heterocycles. The van der Waals surface area contributed by atoms with Crippen molar-refractivity contribution >= 4 is 32.7 Å². The van der Waals surface area contributed by atoms with E-state index in [0.29, 0.717) is 31.6 Å². The average molecular weight is 495 g/mol. The van der Waals surface area contributed by atoms with Crippen molar-refractivity contribution in [2.24, 2.45) is 0 Å². The van der Waals surface area contributed by atoms with Crippen molar-refractivity contribution in [2.75, 3.05) is 31.1 Å². The lowest BCUT2D eigenvalue weighted by Crippen LogP contribution is -2.48. The molecule has 0 unspecified atom stereocenters. The molecule has 1 aliphatic heterocycles. The van der Waals surface area contributed by atoms with Gasteiger partial charge in [-0.3, -0.25) is 0 Å². The van der Waals surface area contributed by atoms with Crippen molar-refractivity contribution in [3.63, 3.8) is 0 Å². The fourth-order valence-corrected chi connectivity index (χ4v) is 3.94. The Morgan fingerprint density at radius 2 is 1.71 bits per heavy atom. The minimum atomic E-state index is -5.83. The normalized spacial score (nSPS) is 14.8. The largest absolute Gasteiger partial charge is 0.534 e. The Balaban J connectivity index is 1.40. The van der Waals surface area contributed by atoms with E-state index >= 15 is 0 Å². The van der Waals surface area contributed by atoms with Gasteiger partial charge in [0.05, 0.1) is 0 Å². The van der Waals surface area contributed by atoms with E-state index in [1.54, 1.807) is 23.1 Å². The summed E-state index contributed by atoms with van der Waals surface area (Å²) in [4.78, 5) is 19.6. The van der Waals surface area contributed by atoms with Crippen LogP contribution in [-0.4, -0.2) is 56.1 Å². The lowest BCUT2D eigenvalue weighted by atomic mass is 10.1. The predicted molar refractivity (Wildman–Crippen MR) is 118 cm³/mol. The van der Waals surface area contributed by atoms with E-state index in [4.69, 9.17) is 4.74 Å². The maximum absolute atomic E-state index is 12.7. The molecule has 2 aromatic carbocycles. The summed E-state index contributed by atoms with van der Waals surface area (Å²) in [6, 6.07) is 15.7. The number of hydrogen-bond acceptors (Lipinski definition) is 7. The van der Waals surface area contributed by atoms with Crippen LogP contribution in [-0.2, 0) is 21.5 Å². The van der Waals surface area contributed by atoms with Crippen molar-refractivity contribution in [3.8, 4) is 5.88 Å². The first kappa shape index (κ1) is 23.6. The van der Waals surface area contributed by atoms with Gasteiger partial charge in [-0.1, -0.05) is 30.3 Å². The van der Waals surface area contributed by atoms with Crippen LogP contribution in [0.2, 0.25) is 0 Å². The highest BCUT2D eigenvalue weighted by Gasteiger charge is 2.49. The van der Waals surface area contributed by atoms with Gasteiger partial charge in [0, 0.05) is 43.4 Å². The van der Waals surface area contributed by atoms with Crippen molar-refractivity contribution in [1.29, 1.82) is 0 Å². The molecule has 8 nitrogen and oxygen atoms in total. The molecule has 4 rings (SSSR count). The highest BCUT2D eigenvalue weighted by Crippen LogP contribution is 2.32. The summed E-state index contributed by atoms with van der Waals surface area (Å²) in [6.07, 6.45) is 0.773. The van der Waals surface area contributed by atoms with Crippen molar-refractivity contribution < 1.29 is 35.3 Å². The first-order valence-electron chi connectivity index (χ1n) is 10.2. The van der Waals surface area contributed by atoms with E-state index in [0.717, 1.165) is 11.3 Å². The van der Waals surface area contributed by atoms with E-state index in [2.05, 4.69) is 9.17 Å². The van der Waals surface area contributed by atoms with Crippen molar-refractivity contribution in [3.05, 3.63) is 66.4 Å². The van der Waals surface area contributed by atoms with Crippen molar-refractivity contribution in [1.82, 2.24) is 9.88 Å². The van der Waals surface area contributed by atoms with Gasteiger partial charge in [0.2, 0.25) is 5.88 Å². The van der Waals surface area contributed by atoms with E-state index in [9.17, 15) is 26.4 Å². The van der Waals surface area contributed by atoms with Crippen LogP contribution in [0.1, 0.15) is 5.56 Å².